The number of carbonyl (C=O) groups excluding carboxylic acids is 1. The van der Waals surface area contributed by atoms with Crippen molar-refractivity contribution in [1.29, 1.82) is 0 Å². The van der Waals surface area contributed by atoms with Crippen LogP contribution in [0, 0.1) is 5.82 Å². The van der Waals surface area contributed by atoms with E-state index >= 15 is 0 Å². The van der Waals surface area contributed by atoms with Crippen molar-refractivity contribution < 1.29 is 9.18 Å². The molecule has 3 nitrogen and oxygen atoms in total. The maximum absolute atomic E-state index is 13.3. The number of nitrogens with one attached hydrogen (secondary N) is 1. The van der Waals surface area contributed by atoms with Crippen LogP contribution in [0.4, 0.5) is 4.39 Å². The van der Waals surface area contributed by atoms with Crippen LogP contribution in [0.15, 0.2) is 30.3 Å². The van der Waals surface area contributed by atoms with E-state index in [2.05, 4.69) is 12.2 Å². The fourth-order valence-corrected chi connectivity index (χ4v) is 2.92. The predicted molar refractivity (Wildman–Crippen MR) is 95.2 cm³/mol. The summed E-state index contributed by atoms with van der Waals surface area (Å²) in [6, 6.07) is 6.69. The Morgan fingerprint density at radius 3 is 2.70 bits per heavy atom. The molecule has 2 rings (SSSR count). The minimum absolute atomic E-state index is 0. The summed E-state index contributed by atoms with van der Waals surface area (Å²) in [7, 11) is 0. The molecule has 1 aromatic carbocycles. The van der Waals surface area contributed by atoms with E-state index < -0.39 is 0 Å². The highest BCUT2D eigenvalue weighted by Crippen LogP contribution is 2.18. The Bertz CT molecular complexity index is 542. The summed E-state index contributed by atoms with van der Waals surface area (Å²) >= 11 is 0. The zero-order chi connectivity index (χ0) is 15.9. The fraction of sp³-hybridized carbons (Fsp3) is 0.500. The summed E-state index contributed by atoms with van der Waals surface area (Å²) < 4.78 is 13.3. The molecule has 1 aliphatic heterocycles. The number of nitrogens with zero attached hydrogens (tertiary/aromatic N) is 1. The zero-order valence-corrected chi connectivity index (χ0v) is 14.7. The molecule has 1 N–H and O–H groups in total. The van der Waals surface area contributed by atoms with E-state index in [1.54, 1.807) is 12.1 Å². The zero-order valence-electron chi connectivity index (χ0n) is 13.8. The summed E-state index contributed by atoms with van der Waals surface area (Å²) in [6.45, 7) is 6.65. The molecule has 0 unspecified atom stereocenters. The van der Waals surface area contributed by atoms with Gasteiger partial charge in [0.05, 0.1) is 0 Å². The van der Waals surface area contributed by atoms with Crippen molar-refractivity contribution in [3.8, 4) is 0 Å². The third kappa shape index (κ3) is 5.63. The van der Waals surface area contributed by atoms with Gasteiger partial charge in [0.15, 0.2) is 0 Å². The van der Waals surface area contributed by atoms with Crippen LogP contribution in [0.5, 0.6) is 0 Å². The van der Waals surface area contributed by atoms with Crippen LogP contribution in [-0.4, -0.2) is 36.5 Å². The summed E-state index contributed by atoms with van der Waals surface area (Å²) in [6.07, 6.45) is 4.59. The monoisotopic (exact) mass is 340 g/mol. The Labute approximate surface area is 144 Å². The van der Waals surface area contributed by atoms with Crippen LogP contribution in [0.2, 0.25) is 0 Å². The fourth-order valence-electron chi connectivity index (χ4n) is 2.92. The van der Waals surface area contributed by atoms with Gasteiger partial charge in [-0.15, -0.1) is 12.4 Å². The molecule has 0 aromatic heterocycles. The maximum atomic E-state index is 13.3. The van der Waals surface area contributed by atoms with Crippen LogP contribution < -0.4 is 5.32 Å². The van der Waals surface area contributed by atoms with Crippen LogP contribution in [-0.2, 0) is 4.79 Å². The summed E-state index contributed by atoms with van der Waals surface area (Å²) in [4.78, 5) is 14.6. The highest BCUT2D eigenvalue weighted by Gasteiger charge is 2.23. The second kappa shape index (κ2) is 9.68. The lowest BCUT2D eigenvalue weighted by Crippen LogP contribution is -2.46. The van der Waals surface area contributed by atoms with Crippen molar-refractivity contribution in [3.63, 3.8) is 0 Å². The number of rotatable bonds is 5. The molecule has 1 fully saturated rings. The molecular formula is C18H26ClFN2O. The Balaban J connectivity index is 0.00000264. The van der Waals surface area contributed by atoms with Gasteiger partial charge in [0.2, 0.25) is 5.91 Å². The Morgan fingerprint density at radius 1 is 1.39 bits per heavy atom. The van der Waals surface area contributed by atoms with Gasteiger partial charge in [-0.2, -0.15) is 0 Å². The number of allylic oxidation sites excluding steroid dienone is 1. The SMILES string of the molecule is CCCN(C(=O)C=C(C)c1cccc(F)c1)C1CCNCC1.Cl. The standard InChI is InChI=1S/C18H25FN2O.ClH/c1-3-11-21(17-7-9-20-10-8-17)18(22)12-14(2)15-5-4-6-16(19)13-15;/h4-6,12-13,17,20H,3,7-11H2,1-2H3;1H. The van der Waals surface area contributed by atoms with Crippen molar-refractivity contribution in [1.82, 2.24) is 10.2 Å². The van der Waals surface area contributed by atoms with Gasteiger partial charge < -0.3 is 10.2 Å². The number of hydrogen-bond donors (Lipinski definition) is 1. The smallest absolute Gasteiger partial charge is 0.247 e. The molecule has 1 saturated heterocycles. The number of carbonyl (C=O) groups is 1. The van der Waals surface area contributed by atoms with Crippen molar-refractivity contribution in [2.75, 3.05) is 19.6 Å². The average molecular weight is 341 g/mol. The minimum atomic E-state index is -0.276. The molecule has 1 heterocycles. The molecule has 128 valence electrons. The molecule has 0 atom stereocenters. The number of hydrogen-bond acceptors (Lipinski definition) is 2. The highest BCUT2D eigenvalue weighted by molar-refractivity contribution is 5.95. The molecule has 1 amide bonds. The molecule has 23 heavy (non-hydrogen) atoms. The molecule has 0 spiro atoms. The molecule has 5 heteroatoms. The first-order valence-electron chi connectivity index (χ1n) is 8.07. The largest absolute Gasteiger partial charge is 0.336 e. The van der Waals surface area contributed by atoms with E-state index in [4.69, 9.17) is 0 Å². The first-order chi connectivity index (χ1) is 10.6. The van der Waals surface area contributed by atoms with E-state index in [-0.39, 0.29) is 24.1 Å². The first-order valence-corrected chi connectivity index (χ1v) is 8.07. The van der Waals surface area contributed by atoms with E-state index in [1.165, 1.54) is 12.1 Å². The third-order valence-electron chi connectivity index (χ3n) is 4.12. The average Bonchev–Trinajstić information content (AvgIpc) is 2.53. The Morgan fingerprint density at radius 2 is 2.09 bits per heavy atom. The normalized spacial score (nSPS) is 15.9. The minimum Gasteiger partial charge on any atom is -0.336 e. The molecule has 1 aliphatic rings. The van der Waals surface area contributed by atoms with Crippen molar-refractivity contribution in [3.05, 3.63) is 41.7 Å². The predicted octanol–water partition coefficient (Wildman–Crippen LogP) is 3.64. The third-order valence-corrected chi connectivity index (χ3v) is 4.12. The maximum Gasteiger partial charge on any atom is 0.247 e. The molecule has 0 radical (unpaired) electrons. The van der Waals surface area contributed by atoms with E-state index in [1.807, 2.05) is 17.9 Å². The van der Waals surface area contributed by atoms with Gasteiger partial charge in [-0.05, 0) is 62.5 Å². The number of halogens is 2. The van der Waals surface area contributed by atoms with Crippen molar-refractivity contribution in [2.45, 2.75) is 39.2 Å². The van der Waals surface area contributed by atoms with Gasteiger partial charge in [-0.25, -0.2) is 4.39 Å². The number of benzene rings is 1. The van der Waals surface area contributed by atoms with Crippen LogP contribution in [0.1, 0.15) is 38.7 Å². The van der Waals surface area contributed by atoms with Crippen LogP contribution in [0.25, 0.3) is 5.57 Å². The van der Waals surface area contributed by atoms with Gasteiger partial charge in [-0.1, -0.05) is 19.1 Å². The van der Waals surface area contributed by atoms with E-state index in [9.17, 15) is 9.18 Å². The second-order valence-corrected chi connectivity index (χ2v) is 5.85. The number of amides is 1. The van der Waals surface area contributed by atoms with Gasteiger partial charge in [0.1, 0.15) is 5.82 Å². The lowest BCUT2D eigenvalue weighted by Gasteiger charge is -2.34. The highest BCUT2D eigenvalue weighted by atomic mass is 35.5. The molecule has 0 aliphatic carbocycles. The molecule has 1 aromatic rings. The summed E-state index contributed by atoms with van der Waals surface area (Å²) in [5.41, 5.74) is 1.56. The quantitative estimate of drug-likeness (QED) is 0.830. The first kappa shape index (κ1) is 19.7. The van der Waals surface area contributed by atoms with Gasteiger partial charge in [0.25, 0.3) is 0 Å². The second-order valence-electron chi connectivity index (χ2n) is 5.85. The Hall–Kier alpha value is -1.39. The van der Waals surface area contributed by atoms with Crippen molar-refractivity contribution in [2.24, 2.45) is 0 Å². The van der Waals surface area contributed by atoms with E-state index in [0.717, 1.165) is 50.0 Å². The summed E-state index contributed by atoms with van der Waals surface area (Å²) in [5, 5.41) is 3.33. The van der Waals surface area contributed by atoms with Gasteiger partial charge >= 0.3 is 0 Å². The van der Waals surface area contributed by atoms with Gasteiger partial charge in [0, 0.05) is 18.7 Å². The Kier molecular flexibility index (Phi) is 8.28. The van der Waals surface area contributed by atoms with Gasteiger partial charge in [-0.3, -0.25) is 4.79 Å². The topological polar surface area (TPSA) is 32.3 Å². The van der Waals surface area contributed by atoms with E-state index in [0.29, 0.717) is 6.04 Å². The van der Waals surface area contributed by atoms with Crippen molar-refractivity contribution >= 4 is 23.9 Å². The van der Waals surface area contributed by atoms with Crippen LogP contribution in [0.3, 0.4) is 0 Å². The molecule has 0 bridgehead atoms. The lowest BCUT2D eigenvalue weighted by molar-refractivity contribution is -0.128. The molecular weight excluding hydrogens is 315 g/mol. The van der Waals surface area contributed by atoms with Crippen LogP contribution >= 0.6 is 12.4 Å². The summed E-state index contributed by atoms with van der Waals surface area (Å²) in [5.74, 6) is -0.239. The number of piperidine rings is 1. The molecule has 0 saturated carbocycles. The lowest BCUT2D eigenvalue weighted by atomic mass is 10.0.